The molecule has 2 heterocycles. The summed E-state index contributed by atoms with van der Waals surface area (Å²) in [5.74, 6) is 0.842. The normalized spacial score (nSPS) is 11.4. The molecule has 2 amide bonds. The van der Waals surface area contributed by atoms with Gasteiger partial charge in [0.05, 0.1) is 57.6 Å². The van der Waals surface area contributed by atoms with E-state index >= 15 is 0 Å². The fourth-order valence-corrected chi connectivity index (χ4v) is 7.32. The summed E-state index contributed by atoms with van der Waals surface area (Å²) >= 11 is 2.44. The van der Waals surface area contributed by atoms with Gasteiger partial charge in [-0.1, -0.05) is 35.7 Å². The Bertz CT molecular complexity index is 2070. The Hall–Kier alpha value is -4.99. The number of thioether (sulfide) groups is 2. The van der Waals surface area contributed by atoms with Crippen LogP contribution < -0.4 is 20.1 Å². The Labute approximate surface area is 278 Å². The van der Waals surface area contributed by atoms with Gasteiger partial charge in [0.1, 0.15) is 11.5 Å². The van der Waals surface area contributed by atoms with E-state index in [-0.39, 0.29) is 33.1 Å². The molecule has 0 spiro atoms. The monoisotopic (exact) mass is 688 g/mol. The van der Waals surface area contributed by atoms with Crippen LogP contribution in [0.25, 0.3) is 22.1 Å². The van der Waals surface area contributed by atoms with Crippen molar-refractivity contribution in [2.45, 2.75) is 20.1 Å². The average Bonchev–Trinajstić information content (AvgIpc) is 3.69. The zero-order valence-corrected chi connectivity index (χ0v) is 27.5. The van der Waals surface area contributed by atoms with E-state index in [0.717, 1.165) is 22.1 Å². The van der Waals surface area contributed by atoms with Crippen molar-refractivity contribution in [3.05, 3.63) is 84.9 Å². The Morgan fingerprint density at radius 3 is 1.55 bits per heavy atom. The minimum atomic E-state index is -3.97. The fourth-order valence-electron chi connectivity index (χ4n) is 4.60. The van der Waals surface area contributed by atoms with Gasteiger partial charge in [-0.25, -0.2) is 18.4 Å². The van der Waals surface area contributed by atoms with Crippen LogP contribution in [0.4, 0.5) is 11.4 Å². The SMILES string of the molecule is COc1ccc2nc(SCC(=O)Nc3cccc(S(=O)(=O)c4cccc(NC(=O)CSc5nc6ccc(OC)cc6[nH]5)c4)c3)[nH]c2c1. The van der Waals surface area contributed by atoms with Crippen molar-refractivity contribution in [3.63, 3.8) is 0 Å². The lowest BCUT2D eigenvalue weighted by Crippen LogP contribution is -2.15. The van der Waals surface area contributed by atoms with Crippen molar-refractivity contribution in [2.24, 2.45) is 0 Å². The van der Waals surface area contributed by atoms with Crippen LogP contribution in [0.3, 0.4) is 0 Å². The first-order valence-electron chi connectivity index (χ1n) is 14.1. The highest BCUT2D eigenvalue weighted by Gasteiger charge is 2.20. The number of hydrogen-bond acceptors (Lipinski definition) is 10. The number of methoxy groups -OCH3 is 2. The number of ether oxygens (including phenoxy) is 2. The molecule has 0 aliphatic carbocycles. The molecule has 12 nitrogen and oxygen atoms in total. The number of fused-ring (bicyclic) bond motifs is 2. The van der Waals surface area contributed by atoms with Crippen LogP contribution in [0.5, 0.6) is 11.5 Å². The lowest BCUT2D eigenvalue weighted by atomic mass is 10.3. The number of nitrogens with one attached hydrogen (secondary N) is 4. The lowest BCUT2D eigenvalue weighted by molar-refractivity contribution is -0.114. The first-order valence-corrected chi connectivity index (χ1v) is 17.5. The number of aromatic nitrogens is 4. The molecule has 240 valence electrons. The number of amides is 2. The molecule has 0 saturated heterocycles. The van der Waals surface area contributed by atoms with Gasteiger partial charge in [0.15, 0.2) is 10.3 Å². The predicted octanol–water partition coefficient (Wildman–Crippen LogP) is 5.75. The average molecular weight is 689 g/mol. The van der Waals surface area contributed by atoms with Crippen LogP contribution in [0.1, 0.15) is 0 Å². The van der Waals surface area contributed by atoms with E-state index in [1.54, 1.807) is 50.6 Å². The summed E-state index contributed by atoms with van der Waals surface area (Å²) in [6.45, 7) is 0. The molecule has 4 aromatic carbocycles. The highest BCUT2D eigenvalue weighted by atomic mass is 32.2. The van der Waals surface area contributed by atoms with Crippen LogP contribution >= 0.6 is 23.5 Å². The van der Waals surface area contributed by atoms with E-state index < -0.39 is 9.84 Å². The van der Waals surface area contributed by atoms with Crippen molar-refractivity contribution in [3.8, 4) is 11.5 Å². The summed E-state index contributed by atoms with van der Waals surface area (Å²) in [6.07, 6.45) is 0. The molecule has 0 unspecified atom stereocenters. The van der Waals surface area contributed by atoms with Gasteiger partial charge in [-0.15, -0.1) is 0 Å². The van der Waals surface area contributed by atoms with Gasteiger partial charge in [-0.3, -0.25) is 9.59 Å². The molecule has 0 aliphatic heterocycles. The third kappa shape index (κ3) is 7.53. The summed E-state index contributed by atoms with van der Waals surface area (Å²) in [6, 6.07) is 22.9. The number of rotatable bonds is 12. The third-order valence-electron chi connectivity index (χ3n) is 6.87. The van der Waals surface area contributed by atoms with E-state index in [1.807, 2.05) is 24.3 Å². The minimum absolute atomic E-state index is 0.00488. The van der Waals surface area contributed by atoms with Crippen molar-refractivity contribution >= 4 is 78.6 Å². The van der Waals surface area contributed by atoms with E-state index in [0.29, 0.717) is 33.2 Å². The van der Waals surface area contributed by atoms with Gasteiger partial charge >= 0.3 is 0 Å². The Morgan fingerprint density at radius 1 is 0.681 bits per heavy atom. The number of anilines is 2. The standard InChI is InChI=1S/C32H28N6O6S3/c1-43-21-9-11-25-27(15-21)37-31(35-25)45-17-29(39)33-19-5-3-7-23(13-19)47(41,42)24-8-4-6-20(14-24)34-30(40)18-46-32-36-26-12-10-22(44-2)16-28(26)38-32/h3-16H,17-18H2,1-2H3,(H,33,39)(H,34,40)(H,35,37)(H,36,38). The van der Waals surface area contributed by atoms with Crippen LogP contribution in [0, 0.1) is 0 Å². The fraction of sp³-hybridized carbons (Fsp3) is 0.125. The van der Waals surface area contributed by atoms with Crippen LogP contribution in [-0.2, 0) is 19.4 Å². The molecule has 4 N–H and O–H groups in total. The second kappa shape index (κ2) is 13.8. The molecule has 0 bridgehead atoms. The maximum absolute atomic E-state index is 13.5. The highest BCUT2D eigenvalue weighted by molar-refractivity contribution is 8.00. The summed E-state index contributed by atoms with van der Waals surface area (Å²) in [4.78, 5) is 40.6. The zero-order chi connectivity index (χ0) is 33.0. The van der Waals surface area contributed by atoms with Crippen molar-refractivity contribution in [2.75, 3.05) is 36.4 Å². The Balaban J connectivity index is 1.06. The molecule has 6 aromatic rings. The van der Waals surface area contributed by atoms with Gasteiger partial charge in [0.2, 0.25) is 21.7 Å². The topological polar surface area (TPSA) is 168 Å². The molecular weight excluding hydrogens is 661 g/mol. The van der Waals surface area contributed by atoms with Crippen molar-refractivity contribution in [1.82, 2.24) is 19.9 Å². The van der Waals surface area contributed by atoms with Gasteiger partial charge in [-0.2, -0.15) is 0 Å². The third-order valence-corrected chi connectivity index (χ3v) is 10.4. The maximum Gasteiger partial charge on any atom is 0.234 e. The Morgan fingerprint density at radius 2 is 1.13 bits per heavy atom. The second-order valence-corrected chi connectivity index (χ2v) is 14.0. The number of H-pyrrole nitrogens is 2. The second-order valence-electron chi connectivity index (χ2n) is 10.1. The number of imidazole rings is 2. The van der Waals surface area contributed by atoms with Gasteiger partial charge < -0.3 is 30.1 Å². The molecule has 0 fully saturated rings. The first kappa shape index (κ1) is 32.0. The number of nitrogens with zero attached hydrogens (tertiary/aromatic N) is 2. The molecule has 0 atom stereocenters. The van der Waals surface area contributed by atoms with E-state index in [2.05, 4.69) is 30.6 Å². The van der Waals surface area contributed by atoms with E-state index in [4.69, 9.17) is 9.47 Å². The van der Waals surface area contributed by atoms with E-state index in [1.165, 1.54) is 47.8 Å². The molecule has 6 rings (SSSR count). The highest BCUT2D eigenvalue weighted by Crippen LogP contribution is 2.28. The molecule has 47 heavy (non-hydrogen) atoms. The van der Waals surface area contributed by atoms with Gasteiger partial charge in [0.25, 0.3) is 0 Å². The number of benzene rings is 4. The maximum atomic E-state index is 13.5. The summed E-state index contributed by atoms with van der Waals surface area (Å²) in [7, 11) is -0.805. The predicted molar refractivity (Wildman–Crippen MR) is 182 cm³/mol. The number of carbonyl (C=O) groups is 2. The number of aromatic amines is 2. The largest absolute Gasteiger partial charge is 0.497 e. The first-order chi connectivity index (χ1) is 22.7. The number of carbonyl (C=O) groups excluding carboxylic acids is 2. The molecule has 2 aromatic heterocycles. The quantitative estimate of drug-likeness (QED) is 0.116. The summed E-state index contributed by atoms with van der Waals surface area (Å²) in [5.41, 5.74) is 3.74. The summed E-state index contributed by atoms with van der Waals surface area (Å²) in [5, 5.41) is 6.64. The zero-order valence-electron chi connectivity index (χ0n) is 25.1. The Kier molecular flexibility index (Phi) is 9.38. The molecule has 0 radical (unpaired) electrons. The van der Waals surface area contributed by atoms with Crippen LogP contribution in [0.15, 0.2) is 105 Å². The van der Waals surface area contributed by atoms with E-state index in [9.17, 15) is 18.0 Å². The molecular formula is C32H28N6O6S3. The smallest absolute Gasteiger partial charge is 0.234 e. The lowest BCUT2D eigenvalue weighted by Gasteiger charge is -2.10. The molecule has 15 heteroatoms. The van der Waals surface area contributed by atoms with Gasteiger partial charge in [-0.05, 0) is 60.7 Å². The van der Waals surface area contributed by atoms with Crippen molar-refractivity contribution < 1.29 is 27.5 Å². The molecule has 0 saturated carbocycles. The van der Waals surface area contributed by atoms with Crippen LogP contribution in [-0.4, -0.2) is 65.9 Å². The van der Waals surface area contributed by atoms with Crippen LogP contribution in [0.2, 0.25) is 0 Å². The number of sulfone groups is 1. The summed E-state index contributed by atoms with van der Waals surface area (Å²) < 4.78 is 37.5. The van der Waals surface area contributed by atoms with Crippen molar-refractivity contribution in [1.29, 1.82) is 0 Å². The molecule has 0 aliphatic rings. The van der Waals surface area contributed by atoms with Gasteiger partial charge in [0, 0.05) is 23.5 Å². The number of hydrogen-bond donors (Lipinski definition) is 4. The minimum Gasteiger partial charge on any atom is -0.497 e.